The lowest BCUT2D eigenvalue weighted by molar-refractivity contribution is 1.14. The van der Waals surface area contributed by atoms with E-state index in [-0.39, 0.29) is 0 Å². The number of aromatic nitrogens is 4. The third-order valence-electron chi connectivity index (χ3n) is 8.26. The van der Waals surface area contributed by atoms with Crippen LogP contribution in [0.1, 0.15) is 0 Å². The second-order valence-electron chi connectivity index (χ2n) is 10.7. The Morgan fingerprint density at radius 2 is 1.07 bits per heavy atom. The van der Waals surface area contributed by atoms with Crippen molar-refractivity contribution in [2.24, 2.45) is 0 Å². The second-order valence-corrected chi connectivity index (χ2v) is 11.7. The van der Waals surface area contributed by atoms with Crippen LogP contribution in [-0.2, 0) is 0 Å². The SMILES string of the molecule is c1ccc(-c2nc(-c3ccccc3)c(-n3c4ccccc4c4c5c6ccccc6n(-c6cccnc6)c5ccc43)s2)cc1. The summed E-state index contributed by atoms with van der Waals surface area (Å²) in [6.45, 7) is 0. The zero-order chi connectivity index (χ0) is 28.3. The molecule has 0 atom stereocenters. The van der Waals surface area contributed by atoms with Crippen molar-refractivity contribution >= 4 is 54.9 Å². The number of para-hydroxylation sites is 2. The summed E-state index contributed by atoms with van der Waals surface area (Å²) in [4.78, 5) is 9.71. The lowest BCUT2D eigenvalue weighted by Gasteiger charge is -2.09. The van der Waals surface area contributed by atoms with Gasteiger partial charge in [0.25, 0.3) is 0 Å². The summed E-state index contributed by atoms with van der Waals surface area (Å²) in [6, 6.07) is 47.2. The van der Waals surface area contributed by atoms with Gasteiger partial charge < -0.3 is 4.57 Å². The lowest BCUT2D eigenvalue weighted by Crippen LogP contribution is -1.95. The summed E-state index contributed by atoms with van der Waals surface area (Å²) in [5, 5.41) is 7.08. The maximum absolute atomic E-state index is 5.26. The second kappa shape index (κ2) is 9.51. The van der Waals surface area contributed by atoms with Crippen LogP contribution in [0.2, 0.25) is 0 Å². The summed E-state index contributed by atoms with van der Waals surface area (Å²) in [7, 11) is 0. The molecule has 0 fully saturated rings. The van der Waals surface area contributed by atoms with Gasteiger partial charge in [0.05, 0.1) is 34.0 Å². The lowest BCUT2D eigenvalue weighted by atomic mass is 10.1. The molecule has 9 aromatic rings. The van der Waals surface area contributed by atoms with Gasteiger partial charge in [0.2, 0.25) is 0 Å². The number of pyridine rings is 1. The number of benzene rings is 5. The number of fused-ring (bicyclic) bond motifs is 7. The van der Waals surface area contributed by atoms with Crippen molar-refractivity contribution < 1.29 is 0 Å². The number of nitrogens with zero attached hydrogens (tertiary/aromatic N) is 4. The van der Waals surface area contributed by atoms with Crippen LogP contribution >= 0.6 is 11.3 Å². The number of hydrogen-bond acceptors (Lipinski definition) is 3. The quantitative estimate of drug-likeness (QED) is 0.212. The van der Waals surface area contributed by atoms with Crippen LogP contribution in [0.25, 0.3) is 76.1 Å². The highest BCUT2D eigenvalue weighted by molar-refractivity contribution is 7.18. The molecule has 0 saturated heterocycles. The maximum Gasteiger partial charge on any atom is 0.129 e. The van der Waals surface area contributed by atoms with Crippen molar-refractivity contribution in [1.82, 2.24) is 19.1 Å². The van der Waals surface area contributed by atoms with Gasteiger partial charge in [-0.05, 0) is 36.4 Å². The van der Waals surface area contributed by atoms with E-state index in [9.17, 15) is 0 Å². The molecule has 5 aromatic carbocycles. The summed E-state index contributed by atoms with van der Waals surface area (Å²) in [6.07, 6.45) is 3.76. The van der Waals surface area contributed by atoms with Gasteiger partial charge in [0, 0.05) is 38.9 Å². The summed E-state index contributed by atoms with van der Waals surface area (Å²) < 4.78 is 4.76. The minimum Gasteiger partial charge on any atom is -0.308 e. The fourth-order valence-electron chi connectivity index (χ4n) is 6.45. The van der Waals surface area contributed by atoms with Gasteiger partial charge in [-0.25, -0.2) is 4.98 Å². The highest BCUT2D eigenvalue weighted by atomic mass is 32.1. The molecule has 0 amide bonds. The molecule has 0 spiro atoms. The van der Waals surface area contributed by atoms with Crippen LogP contribution in [-0.4, -0.2) is 19.1 Å². The predicted octanol–water partition coefficient (Wildman–Crippen LogP) is 10.1. The molecule has 0 saturated carbocycles. The number of rotatable bonds is 4. The van der Waals surface area contributed by atoms with Gasteiger partial charge >= 0.3 is 0 Å². The van der Waals surface area contributed by atoms with Crippen molar-refractivity contribution in [2.75, 3.05) is 0 Å². The molecular formula is C38H24N4S. The summed E-state index contributed by atoms with van der Waals surface area (Å²) in [5.74, 6) is 0. The standard InChI is InChI=1S/C38H24N4S/c1-3-12-25(13-4-1)36-38(43-37(40-36)26-14-5-2-6-15-26)42-31-20-10-8-18-29(31)35-33(42)22-21-32-34(35)28-17-7-9-19-30(28)41(32)27-16-11-23-39-24-27/h1-24H. The highest BCUT2D eigenvalue weighted by Gasteiger charge is 2.24. The number of hydrogen-bond donors (Lipinski definition) is 0. The Hall–Kier alpha value is -5.52. The average molecular weight is 569 g/mol. The molecule has 0 aliphatic heterocycles. The van der Waals surface area contributed by atoms with Gasteiger partial charge in [-0.15, -0.1) is 0 Å². The molecule has 4 nitrogen and oxygen atoms in total. The molecule has 9 rings (SSSR count). The van der Waals surface area contributed by atoms with E-state index in [0.717, 1.165) is 32.5 Å². The molecule has 202 valence electrons. The number of thiazole rings is 1. The molecule has 0 N–H and O–H groups in total. The van der Waals surface area contributed by atoms with Gasteiger partial charge in [-0.3, -0.25) is 9.55 Å². The fraction of sp³-hybridized carbons (Fsp3) is 0. The minimum absolute atomic E-state index is 0.991. The van der Waals surface area contributed by atoms with Crippen molar-refractivity contribution in [3.05, 3.63) is 146 Å². The van der Waals surface area contributed by atoms with E-state index in [1.165, 1.54) is 43.6 Å². The molecule has 5 heteroatoms. The van der Waals surface area contributed by atoms with Crippen molar-refractivity contribution in [3.8, 4) is 32.5 Å². The monoisotopic (exact) mass is 568 g/mol. The minimum atomic E-state index is 0.991. The topological polar surface area (TPSA) is 35.6 Å². The molecule has 0 bridgehead atoms. The van der Waals surface area contributed by atoms with Crippen LogP contribution in [0.4, 0.5) is 0 Å². The van der Waals surface area contributed by atoms with Crippen LogP contribution in [0, 0.1) is 0 Å². The average Bonchev–Trinajstić information content (AvgIpc) is 3.76. The van der Waals surface area contributed by atoms with E-state index >= 15 is 0 Å². The van der Waals surface area contributed by atoms with Crippen molar-refractivity contribution in [1.29, 1.82) is 0 Å². The van der Waals surface area contributed by atoms with Crippen LogP contribution in [0.3, 0.4) is 0 Å². The van der Waals surface area contributed by atoms with Crippen molar-refractivity contribution in [2.45, 2.75) is 0 Å². The third-order valence-corrected chi connectivity index (χ3v) is 9.35. The molecule has 4 aromatic heterocycles. The first-order valence-corrected chi connectivity index (χ1v) is 15.2. The van der Waals surface area contributed by atoms with Crippen LogP contribution in [0.15, 0.2) is 146 Å². The molecule has 4 heterocycles. The molecule has 0 unspecified atom stereocenters. The Kier molecular flexibility index (Phi) is 5.33. The van der Waals surface area contributed by atoms with Gasteiger partial charge in [-0.2, -0.15) is 0 Å². The third kappa shape index (κ3) is 3.62. The zero-order valence-corrected chi connectivity index (χ0v) is 23.9. The first-order chi connectivity index (χ1) is 21.4. The molecule has 43 heavy (non-hydrogen) atoms. The van der Waals surface area contributed by atoms with E-state index in [0.29, 0.717) is 0 Å². The molecule has 0 aliphatic rings. The Labute approximate surface area is 251 Å². The van der Waals surface area contributed by atoms with Gasteiger partial charge in [0.15, 0.2) is 0 Å². The van der Waals surface area contributed by atoms with E-state index in [1.54, 1.807) is 11.3 Å². The normalized spacial score (nSPS) is 11.7. The Morgan fingerprint density at radius 1 is 0.488 bits per heavy atom. The summed E-state index contributed by atoms with van der Waals surface area (Å²) >= 11 is 1.74. The fourth-order valence-corrected chi connectivity index (χ4v) is 7.58. The Morgan fingerprint density at radius 3 is 1.72 bits per heavy atom. The smallest absolute Gasteiger partial charge is 0.129 e. The Balaban J connectivity index is 1.43. The van der Waals surface area contributed by atoms with Crippen LogP contribution < -0.4 is 0 Å². The highest BCUT2D eigenvalue weighted by Crippen LogP contribution is 2.45. The first-order valence-electron chi connectivity index (χ1n) is 14.3. The Bertz CT molecular complexity index is 2440. The van der Waals surface area contributed by atoms with Crippen molar-refractivity contribution in [3.63, 3.8) is 0 Å². The molecule has 0 aliphatic carbocycles. The first kappa shape index (κ1) is 24.1. The van der Waals surface area contributed by atoms with E-state index < -0.39 is 0 Å². The zero-order valence-electron chi connectivity index (χ0n) is 23.1. The molecule has 0 radical (unpaired) electrons. The molecular weight excluding hydrogens is 545 g/mol. The van der Waals surface area contributed by atoms with E-state index in [1.807, 2.05) is 18.5 Å². The van der Waals surface area contributed by atoms with E-state index in [2.05, 4.69) is 142 Å². The van der Waals surface area contributed by atoms with Gasteiger partial charge in [-0.1, -0.05) is 108 Å². The maximum atomic E-state index is 5.26. The van der Waals surface area contributed by atoms with E-state index in [4.69, 9.17) is 4.98 Å². The van der Waals surface area contributed by atoms with Gasteiger partial charge in [0.1, 0.15) is 15.7 Å². The summed E-state index contributed by atoms with van der Waals surface area (Å²) in [5.41, 5.74) is 8.95. The predicted molar refractivity (Wildman–Crippen MR) is 179 cm³/mol. The largest absolute Gasteiger partial charge is 0.308 e. The van der Waals surface area contributed by atoms with Crippen LogP contribution in [0.5, 0.6) is 0 Å².